The van der Waals surface area contributed by atoms with Gasteiger partial charge < -0.3 is 10.5 Å². The summed E-state index contributed by atoms with van der Waals surface area (Å²) in [4.78, 5) is 19.3. The molecule has 0 spiro atoms. The second kappa shape index (κ2) is 5.27. The minimum Gasteiger partial charge on any atom is -0.477 e. The molecule has 0 aliphatic carbocycles. The van der Waals surface area contributed by atoms with Crippen LogP contribution in [0.25, 0.3) is 11.3 Å². The largest absolute Gasteiger partial charge is 0.477 e. The molecule has 2 N–H and O–H groups in total. The molecule has 0 atom stereocenters. The topological polar surface area (TPSA) is 78.1 Å². The molecule has 0 bridgehead atoms. The average molecular weight is 243 g/mol. The number of aromatic nitrogens is 2. The monoisotopic (exact) mass is 243 g/mol. The summed E-state index contributed by atoms with van der Waals surface area (Å²) in [6.07, 6.45) is 3.10. The summed E-state index contributed by atoms with van der Waals surface area (Å²) in [5, 5.41) is 0. The minimum atomic E-state index is -0.495. The molecule has 2 heterocycles. The summed E-state index contributed by atoms with van der Waals surface area (Å²) in [6.45, 7) is 2.42. The maximum atomic E-state index is 11.0. The van der Waals surface area contributed by atoms with Gasteiger partial charge in [-0.3, -0.25) is 9.78 Å². The van der Waals surface area contributed by atoms with E-state index in [1.807, 2.05) is 19.1 Å². The van der Waals surface area contributed by atoms with E-state index in [9.17, 15) is 4.79 Å². The van der Waals surface area contributed by atoms with Gasteiger partial charge in [0.25, 0.3) is 0 Å². The van der Waals surface area contributed by atoms with Crippen LogP contribution in [0, 0.1) is 0 Å². The fourth-order valence-corrected chi connectivity index (χ4v) is 1.54. The van der Waals surface area contributed by atoms with Crippen LogP contribution in [0.2, 0.25) is 0 Å². The van der Waals surface area contributed by atoms with Crippen LogP contribution in [0.4, 0.5) is 0 Å². The van der Waals surface area contributed by atoms with Gasteiger partial charge in [0.05, 0.1) is 23.4 Å². The van der Waals surface area contributed by atoms with E-state index in [1.54, 1.807) is 18.3 Å². The molecule has 5 nitrogen and oxygen atoms in total. The highest BCUT2D eigenvalue weighted by molar-refractivity contribution is 5.92. The van der Waals surface area contributed by atoms with E-state index in [-0.39, 0.29) is 0 Å². The molecule has 0 aromatic carbocycles. The maximum absolute atomic E-state index is 11.0. The molecule has 92 valence electrons. The molecule has 2 aromatic rings. The van der Waals surface area contributed by atoms with Crippen LogP contribution in [-0.2, 0) is 0 Å². The van der Waals surface area contributed by atoms with Crippen molar-refractivity contribution in [2.45, 2.75) is 6.92 Å². The first-order valence-corrected chi connectivity index (χ1v) is 5.56. The zero-order valence-corrected chi connectivity index (χ0v) is 9.96. The first-order valence-electron chi connectivity index (χ1n) is 5.56. The molecular weight excluding hydrogens is 230 g/mol. The van der Waals surface area contributed by atoms with Gasteiger partial charge in [0.2, 0.25) is 11.8 Å². The first-order chi connectivity index (χ1) is 8.72. The number of ether oxygens (including phenoxy) is 1. The summed E-state index contributed by atoms with van der Waals surface area (Å²) < 4.78 is 5.43. The number of nitrogens with zero attached hydrogens (tertiary/aromatic N) is 2. The van der Waals surface area contributed by atoms with E-state index >= 15 is 0 Å². The normalized spacial score (nSPS) is 10.1. The van der Waals surface area contributed by atoms with Crippen molar-refractivity contribution < 1.29 is 9.53 Å². The van der Waals surface area contributed by atoms with E-state index in [0.29, 0.717) is 23.7 Å². The van der Waals surface area contributed by atoms with Gasteiger partial charge in [-0.2, -0.15) is 0 Å². The third-order valence-electron chi connectivity index (χ3n) is 2.38. The Hall–Kier alpha value is -2.43. The van der Waals surface area contributed by atoms with Crippen molar-refractivity contribution in [3.63, 3.8) is 0 Å². The van der Waals surface area contributed by atoms with Crippen molar-refractivity contribution in [3.8, 4) is 17.1 Å². The number of amides is 1. The Morgan fingerprint density at radius 2 is 2.17 bits per heavy atom. The molecule has 0 aliphatic rings. The molecule has 18 heavy (non-hydrogen) atoms. The molecule has 2 aromatic heterocycles. The zero-order chi connectivity index (χ0) is 13.0. The molecule has 2 rings (SSSR count). The lowest BCUT2D eigenvalue weighted by Gasteiger charge is -2.08. The second-order valence-electron chi connectivity index (χ2n) is 3.59. The molecule has 0 unspecified atom stereocenters. The smallest absolute Gasteiger partial charge is 0.250 e. The third-order valence-corrected chi connectivity index (χ3v) is 2.38. The van der Waals surface area contributed by atoms with Gasteiger partial charge in [-0.25, -0.2) is 4.98 Å². The lowest BCUT2D eigenvalue weighted by atomic mass is 10.1. The van der Waals surface area contributed by atoms with E-state index in [0.717, 1.165) is 5.56 Å². The Balaban J connectivity index is 2.39. The number of carbonyl (C=O) groups is 1. The van der Waals surface area contributed by atoms with Gasteiger partial charge in [0.15, 0.2) is 0 Å². The molecule has 0 saturated heterocycles. The van der Waals surface area contributed by atoms with Crippen molar-refractivity contribution in [3.05, 3.63) is 42.2 Å². The predicted molar refractivity (Wildman–Crippen MR) is 67.2 cm³/mol. The predicted octanol–water partition coefficient (Wildman–Crippen LogP) is 1.64. The van der Waals surface area contributed by atoms with Crippen molar-refractivity contribution in [2.24, 2.45) is 5.73 Å². The zero-order valence-electron chi connectivity index (χ0n) is 9.96. The average Bonchev–Trinajstić information content (AvgIpc) is 2.40. The Labute approximate surface area is 105 Å². The van der Waals surface area contributed by atoms with Crippen LogP contribution in [0.1, 0.15) is 17.3 Å². The Bertz CT molecular complexity index is 552. The Morgan fingerprint density at radius 3 is 2.78 bits per heavy atom. The number of carbonyl (C=O) groups excluding carboxylic acids is 1. The van der Waals surface area contributed by atoms with E-state index in [4.69, 9.17) is 10.5 Å². The molecular formula is C13H13N3O2. The third kappa shape index (κ3) is 2.45. The van der Waals surface area contributed by atoms with Crippen molar-refractivity contribution in [1.29, 1.82) is 0 Å². The van der Waals surface area contributed by atoms with Crippen LogP contribution in [0.5, 0.6) is 5.88 Å². The summed E-state index contributed by atoms with van der Waals surface area (Å²) in [5.74, 6) is 0.0320. The van der Waals surface area contributed by atoms with Crippen LogP contribution >= 0.6 is 0 Å². The number of hydrogen-bond donors (Lipinski definition) is 1. The molecule has 0 fully saturated rings. The van der Waals surface area contributed by atoms with Gasteiger partial charge in [-0.1, -0.05) is 0 Å². The SMILES string of the molecule is CCOc1ncccc1-c1ccc(C(N)=O)cn1. The maximum Gasteiger partial charge on any atom is 0.250 e. The van der Waals surface area contributed by atoms with Crippen LogP contribution < -0.4 is 10.5 Å². The number of hydrogen-bond acceptors (Lipinski definition) is 4. The second-order valence-corrected chi connectivity index (χ2v) is 3.59. The lowest BCUT2D eigenvalue weighted by Crippen LogP contribution is -2.11. The number of nitrogens with two attached hydrogens (primary N) is 1. The summed E-state index contributed by atoms with van der Waals surface area (Å²) in [5.41, 5.74) is 7.02. The fourth-order valence-electron chi connectivity index (χ4n) is 1.54. The van der Waals surface area contributed by atoms with Crippen LogP contribution in [0.15, 0.2) is 36.7 Å². The number of primary amides is 1. The molecule has 5 heteroatoms. The number of pyridine rings is 2. The van der Waals surface area contributed by atoms with Gasteiger partial charge in [-0.15, -0.1) is 0 Å². The first kappa shape index (κ1) is 12.0. The molecule has 0 aliphatic heterocycles. The quantitative estimate of drug-likeness (QED) is 0.885. The summed E-state index contributed by atoms with van der Waals surface area (Å²) >= 11 is 0. The molecule has 0 radical (unpaired) electrons. The Kier molecular flexibility index (Phi) is 3.52. The van der Waals surface area contributed by atoms with Crippen LogP contribution in [0.3, 0.4) is 0 Å². The lowest BCUT2D eigenvalue weighted by molar-refractivity contribution is 0.1000. The fraction of sp³-hybridized carbons (Fsp3) is 0.154. The standard InChI is InChI=1S/C13H13N3O2/c1-2-18-13-10(4-3-7-15-13)11-6-5-9(8-16-11)12(14)17/h3-8H,2H2,1H3,(H2,14,17). The van der Waals surface area contributed by atoms with Crippen LogP contribution in [-0.4, -0.2) is 22.5 Å². The van der Waals surface area contributed by atoms with E-state index in [1.165, 1.54) is 6.20 Å². The molecule has 1 amide bonds. The van der Waals surface area contributed by atoms with Crippen molar-refractivity contribution in [2.75, 3.05) is 6.61 Å². The van der Waals surface area contributed by atoms with Gasteiger partial charge in [0.1, 0.15) is 0 Å². The summed E-state index contributed by atoms with van der Waals surface area (Å²) in [6, 6.07) is 7.03. The van der Waals surface area contributed by atoms with Gasteiger partial charge in [0, 0.05) is 12.4 Å². The van der Waals surface area contributed by atoms with Gasteiger partial charge >= 0.3 is 0 Å². The minimum absolute atomic E-state index is 0.376. The summed E-state index contributed by atoms with van der Waals surface area (Å²) in [7, 11) is 0. The number of rotatable bonds is 4. The van der Waals surface area contributed by atoms with Crippen molar-refractivity contribution in [1.82, 2.24) is 9.97 Å². The Morgan fingerprint density at radius 1 is 1.33 bits per heavy atom. The van der Waals surface area contributed by atoms with Gasteiger partial charge in [-0.05, 0) is 31.2 Å². The van der Waals surface area contributed by atoms with E-state index in [2.05, 4.69) is 9.97 Å². The molecule has 0 saturated carbocycles. The highest BCUT2D eigenvalue weighted by Crippen LogP contribution is 2.25. The van der Waals surface area contributed by atoms with Crippen molar-refractivity contribution >= 4 is 5.91 Å². The highest BCUT2D eigenvalue weighted by Gasteiger charge is 2.09. The highest BCUT2D eigenvalue weighted by atomic mass is 16.5. The van der Waals surface area contributed by atoms with E-state index < -0.39 is 5.91 Å².